The predicted octanol–water partition coefficient (Wildman–Crippen LogP) is 3.42. The third-order valence-corrected chi connectivity index (χ3v) is 8.14. The lowest BCUT2D eigenvalue weighted by Gasteiger charge is -2.30. The lowest BCUT2D eigenvalue weighted by molar-refractivity contribution is -0.126. The number of sulfonamides is 1. The number of para-hydroxylation sites is 1. The molecule has 2 rings (SSSR count). The first-order valence-electron chi connectivity index (χ1n) is 11.1. The molecule has 1 aliphatic carbocycles. The fourth-order valence-corrected chi connectivity index (χ4v) is 4.84. The molecule has 0 unspecified atom stereocenters. The molecule has 1 fully saturated rings. The van der Waals surface area contributed by atoms with Gasteiger partial charge in [-0.2, -0.15) is 0 Å². The van der Waals surface area contributed by atoms with Crippen molar-refractivity contribution in [3.8, 4) is 11.5 Å². The number of methoxy groups -OCH3 is 2. The summed E-state index contributed by atoms with van der Waals surface area (Å²) in [4.78, 5) is 12.5. The minimum atomic E-state index is -3.36. The number of benzene rings is 1. The Bertz CT molecular complexity index is 825. The van der Waals surface area contributed by atoms with Gasteiger partial charge in [-0.15, -0.1) is 0 Å². The van der Waals surface area contributed by atoms with E-state index in [-0.39, 0.29) is 17.9 Å². The minimum Gasteiger partial charge on any atom is -0.493 e. The highest BCUT2D eigenvalue weighted by atomic mass is 32.2. The Morgan fingerprint density at radius 3 is 2.32 bits per heavy atom. The first-order valence-corrected chi connectivity index (χ1v) is 12.6. The standard InChI is InChI=1S/C23H38N2O5S/c1-23(2,3)31(27,28)25-19-14-12-18(13-15-19)22(26)24-16-7-6-9-17-10-8-11-20(29-4)21(17)30-5/h8,10-11,18-19,25H,6-7,9,12-16H2,1-5H3,(H,24,26). The topological polar surface area (TPSA) is 93.7 Å². The zero-order chi connectivity index (χ0) is 23.1. The van der Waals surface area contributed by atoms with Crippen molar-refractivity contribution in [1.82, 2.24) is 10.0 Å². The van der Waals surface area contributed by atoms with Crippen molar-refractivity contribution in [2.24, 2.45) is 5.92 Å². The number of aryl methyl sites for hydroxylation is 1. The number of rotatable bonds is 10. The van der Waals surface area contributed by atoms with Crippen LogP contribution in [0.2, 0.25) is 0 Å². The van der Waals surface area contributed by atoms with E-state index in [1.807, 2.05) is 18.2 Å². The smallest absolute Gasteiger partial charge is 0.223 e. The molecule has 7 nitrogen and oxygen atoms in total. The quantitative estimate of drug-likeness (QED) is 0.529. The first-order chi connectivity index (χ1) is 14.6. The number of amides is 1. The van der Waals surface area contributed by atoms with E-state index in [1.165, 1.54) is 0 Å². The number of ether oxygens (including phenoxy) is 2. The van der Waals surface area contributed by atoms with Crippen LogP contribution in [0.25, 0.3) is 0 Å². The van der Waals surface area contributed by atoms with Crippen LogP contribution in [0, 0.1) is 5.92 Å². The Kier molecular flexibility index (Phi) is 9.18. The monoisotopic (exact) mass is 454 g/mol. The molecule has 0 atom stereocenters. The highest BCUT2D eigenvalue weighted by molar-refractivity contribution is 7.90. The summed E-state index contributed by atoms with van der Waals surface area (Å²) >= 11 is 0. The lowest BCUT2D eigenvalue weighted by atomic mass is 9.86. The number of hydrogen-bond acceptors (Lipinski definition) is 5. The molecule has 0 heterocycles. The van der Waals surface area contributed by atoms with E-state index in [4.69, 9.17) is 9.47 Å². The van der Waals surface area contributed by atoms with Crippen LogP contribution in [-0.4, -0.2) is 45.9 Å². The molecule has 1 amide bonds. The molecular weight excluding hydrogens is 416 g/mol. The maximum atomic E-state index is 12.5. The second-order valence-corrected chi connectivity index (χ2v) is 11.7. The molecule has 8 heteroatoms. The van der Waals surface area contributed by atoms with Gasteiger partial charge in [0.1, 0.15) is 0 Å². The first kappa shape index (κ1) is 25.5. The van der Waals surface area contributed by atoms with E-state index in [2.05, 4.69) is 10.0 Å². The molecule has 1 aromatic rings. The van der Waals surface area contributed by atoms with Crippen molar-refractivity contribution >= 4 is 15.9 Å². The summed E-state index contributed by atoms with van der Waals surface area (Å²) in [6, 6.07) is 5.79. The van der Waals surface area contributed by atoms with Crippen LogP contribution in [0.5, 0.6) is 11.5 Å². The molecule has 0 aliphatic heterocycles. The molecule has 0 saturated heterocycles. The van der Waals surface area contributed by atoms with Crippen molar-refractivity contribution in [3.05, 3.63) is 23.8 Å². The van der Waals surface area contributed by atoms with Crippen LogP contribution >= 0.6 is 0 Å². The van der Waals surface area contributed by atoms with E-state index in [9.17, 15) is 13.2 Å². The Morgan fingerprint density at radius 1 is 1.06 bits per heavy atom. The molecule has 31 heavy (non-hydrogen) atoms. The summed E-state index contributed by atoms with van der Waals surface area (Å²) in [6.07, 6.45) is 5.49. The Hall–Kier alpha value is -1.80. The fourth-order valence-electron chi connectivity index (χ4n) is 3.82. The van der Waals surface area contributed by atoms with Crippen molar-refractivity contribution in [3.63, 3.8) is 0 Å². The average Bonchev–Trinajstić information content (AvgIpc) is 2.72. The minimum absolute atomic E-state index is 0.0335. The highest BCUT2D eigenvalue weighted by Crippen LogP contribution is 2.31. The molecule has 1 aromatic carbocycles. The SMILES string of the molecule is COc1cccc(CCCCNC(=O)C2CCC(NS(=O)(=O)C(C)(C)C)CC2)c1OC. The van der Waals surface area contributed by atoms with Crippen molar-refractivity contribution < 1.29 is 22.7 Å². The van der Waals surface area contributed by atoms with Crippen LogP contribution in [0.15, 0.2) is 18.2 Å². The molecule has 0 spiro atoms. The van der Waals surface area contributed by atoms with Crippen LogP contribution in [0.4, 0.5) is 0 Å². The Labute approximate surface area is 187 Å². The van der Waals surface area contributed by atoms with Gasteiger partial charge in [0.15, 0.2) is 11.5 Å². The normalized spacial score (nSPS) is 19.6. The molecular formula is C23H38N2O5S. The number of carbonyl (C=O) groups is 1. The van der Waals surface area contributed by atoms with Crippen LogP contribution < -0.4 is 19.5 Å². The van der Waals surface area contributed by atoms with Gasteiger partial charge < -0.3 is 14.8 Å². The van der Waals surface area contributed by atoms with Gasteiger partial charge in [-0.05, 0) is 77.3 Å². The van der Waals surface area contributed by atoms with Crippen molar-refractivity contribution in [1.29, 1.82) is 0 Å². The number of nitrogens with one attached hydrogen (secondary N) is 2. The molecule has 0 radical (unpaired) electrons. The second kappa shape index (κ2) is 11.2. The summed E-state index contributed by atoms with van der Waals surface area (Å²) in [7, 11) is -0.0831. The second-order valence-electron chi connectivity index (χ2n) is 9.18. The van der Waals surface area contributed by atoms with Gasteiger partial charge in [-0.25, -0.2) is 13.1 Å². The van der Waals surface area contributed by atoms with Gasteiger partial charge in [0.2, 0.25) is 15.9 Å². The molecule has 0 aromatic heterocycles. The highest BCUT2D eigenvalue weighted by Gasteiger charge is 2.33. The van der Waals surface area contributed by atoms with Gasteiger partial charge in [0, 0.05) is 18.5 Å². The van der Waals surface area contributed by atoms with Gasteiger partial charge >= 0.3 is 0 Å². The number of unbranched alkanes of at least 4 members (excludes halogenated alkanes) is 1. The molecule has 1 saturated carbocycles. The number of carbonyl (C=O) groups excluding carboxylic acids is 1. The summed E-state index contributed by atoms with van der Waals surface area (Å²) in [5.74, 6) is 1.55. The maximum Gasteiger partial charge on any atom is 0.223 e. The molecule has 176 valence electrons. The van der Waals surface area contributed by atoms with E-state index >= 15 is 0 Å². The van der Waals surface area contributed by atoms with Crippen LogP contribution in [-0.2, 0) is 21.2 Å². The Morgan fingerprint density at radius 2 is 1.74 bits per heavy atom. The van der Waals surface area contributed by atoms with Gasteiger partial charge in [0.05, 0.1) is 19.0 Å². The fraction of sp³-hybridized carbons (Fsp3) is 0.696. The molecule has 2 N–H and O–H groups in total. The summed E-state index contributed by atoms with van der Waals surface area (Å²) in [5, 5.41) is 3.04. The van der Waals surface area contributed by atoms with E-state index in [0.717, 1.165) is 36.3 Å². The van der Waals surface area contributed by atoms with E-state index in [0.29, 0.717) is 32.2 Å². The molecule has 0 bridgehead atoms. The summed E-state index contributed by atoms with van der Waals surface area (Å²) in [6.45, 7) is 5.72. The average molecular weight is 455 g/mol. The third-order valence-electron chi connectivity index (χ3n) is 5.88. The number of hydrogen-bond donors (Lipinski definition) is 2. The van der Waals surface area contributed by atoms with Gasteiger partial charge in [0.25, 0.3) is 0 Å². The van der Waals surface area contributed by atoms with Gasteiger partial charge in [-0.1, -0.05) is 12.1 Å². The Balaban J connectivity index is 1.69. The summed E-state index contributed by atoms with van der Waals surface area (Å²) in [5.41, 5.74) is 1.10. The summed E-state index contributed by atoms with van der Waals surface area (Å²) < 4.78 is 37.4. The zero-order valence-corrected chi connectivity index (χ0v) is 20.3. The van der Waals surface area contributed by atoms with Gasteiger partial charge in [-0.3, -0.25) is 4.79 Å². The maximum absolute atomic E-state index is 12.5. The molecule has 1 aliphatic rings. The zero-order valence-electron chi connectivity index (χ0n) is 19.5. The van der Waals surface area contributed by atoms with E-state index in [1.54, 1.807) is 35.0 Å². The third kappa shape index (κ3) is 7.10. The van der Waals surface area contributed by atoms with Crippen molar-refractivity contribution in [2.45, 2.75) is 76.5 Å². The van der Waals surface area contributed by atoms with Crippen molar-refractivity contribution in [2.75, 3.05) is 20.8 Å². The predicted molar refractivity (Wildman–Crippen MR) is 123 cm³/mol. The largest absolute Gasteiger partial charge is 0.493 e. The lowest BCUT2D eigenvalue weighted by Crippen LogP contribution is -2.46. The van der Waals surface area contributed by atoms with Crippen LogP contribution in [0.1, 0.15) is 64.9 Å². The van der Waals surface area contributed by atoms with Crippen LogP contribution in [0.3, 0.4) is 0 Å². The van der Waals surface area contributed by atoms with E-state index < -0.39 is 14.8 Å².